The zero-order valence-electron chi connectivity index (χ0n) is 20.9. The van der Waals surface area contributed by atoms with E-state index in [1.807, 2.05) is 105 Å². The molecule has 1 aliphatic carbocycles. The van der Waals surface area contributed by atoms with Gasteiger partial charge in [-0.25, -0.2) is 0 Å². The average Bonchev–Trinajstić information content (AvgIpc) is 2.91. The van der Waals surface area contributed by atoms with E-state index in [1.54, 1.807) is 0 Å². The Morgan fingerprint density at radius 1 is 0.583 bits per heavy atom. The van der Waals surface area contributed by atoms with Crippen LogP contribution in [0.15, 0.2) is 91.0 Å². The lowest BCUT2D eigenvalue weighted by molar-refractivity contribution is -0.239. The number of nitrogens with one attached hydrogen (secondary N) is 1. The van der Waals surface area contributed by atoms with Crippen molar-refractivity contribution in [3.05, 3.63) is 108 Å². The van der Waals surface area contributed by atoms with Gasteiger partial charge in [-0.05, 0) is 16.7 Å². The first-order chi connectivity index (χ1) is 17.5. The summed E-state index contributed by atoms with van der Waals surface area (Å²) in [7, 11) is 0. The molecule has 0 unspecified atom stereocenters. The molecular weight excluding hydrogens is 454 g/mol. The van der Waals surface area contributed by atoms with E-state index < -0.39 is 36.6 Å². The van der Waals surface area contributed by atoms with Gasteiger partial charge in [0, 0.05) is 6.04 Å². The van der Waals surface area contributed by atoms with Crippen molar-refractivity contribution >= 4 is 0 Å². The molecule has 0 aromatic heterocycles. The van der Waals surface area contributed by atoms with E-state index in [-0.39, 0.29) is 12.6 Å². The van der Waals surface area contributed by atoms with E-state index in [1.165, 1.54) is 0 Å². The van der Waals surface area contributed by atoms with Crippen LogP contribution in [0, 0.1) is 0 Å². The number of ether oxygens (including phenoxy) is 3. The molecule has 0 saturated heterocycles. The van der Waals surface area contributed by atoms with Gasteiger partial charge in [0.05, 0.1) is 25.9 Å². The van der Waals surface area contributed by atoms with Gasteiger partial charge in [0.2, 0.25) is 0 Å². The van der Waals surface area contributed by atoms with Gasteiger partial charge in [-0.15, -0.1) is 0 Å². The second kappa shape index (κ2) is 13.1. The monoisotopic (exact) mass is 491 g/mol. The van der Waals surface area contributed by atoms with Gasteiger partial charge in [0.15, 0.2) is 0 Å². The van der Waals surface area contributed by atoms with Crippen LogP contribution in [0.4, 0.5) is 0 Å². The SMILES string of the molecule is CC(C)N[C@H]1[C@H](O)[C@H](O)[C@@H](OCc2ccccc2)[C@H](OCc2ccccc2)[C@H]1OCc1ccccc1. The molecule has 192 valence electrons. The molecule has 0 bridgehead atoms. The second-order valence-corrected chi connectivity index (χ2v) is 9.61. The van der Waals surface area contributed by atoms with E-state index in [9.17, 15) is 10.2 Å². The highest BCUT2D eigenvalue weighted by molar-refractivity contribution is 5.16. The van der Waals surface area contributed by atoms with E-state index in [0.29, 0.717) is 13.2 Å². The van der Waals surface area contributed by atoms with Crippen molar-refractivity contribution in [1.82, 2.24) is 5.32 Å². The van der Waals surface area contributed by atoms with Crippen molar-refractivity contribution < 1.29 is 24.4 Å². The summed E-state index contributed by atoms with van der Waals surface area (Å²) in [6.07, 6.45) is -4.20. The van der Waals surface area contributed by atoms with Crippen molar-refractivity contribution in [1.29, 1.82) is 0 Å². The van der Waals surface area contributed by atoms with Crippen LogP contribution in [0.3, 0.4) is 0 Å². The molecule has 36 heavy (non-hydrogen) atoms. The Hall–Kier alpha value is -2.58. The molecule has 1 fully saturated rings. The van der Waals surface area contributed by atoms with E-state index >= 15 is 0 Å². The molecular formula is C30H37NO5. The van der Waals surface area contributed by atoms with Gasteiger partial charge in [0.1, 0.15) is 30.5 Å². The summed E-state index contributed by atoms with van der Waals surface area (Å²) in [6.45, 7) is 4.98. The van der Waals surface area contributed by atoms with Gasteiger partial charge < -0.3 is 29.7 Å². The molecule has 0 spiro atoms. The summed E-state index contributed by atoms with van der Waals surface area (Å²) >= 11 is 0. The van der Waals surface area contributed by atoms with Crippen molar-refractivity contribution in [3.8, 4) is 0 Å². The Morgan fingerprint density at radius 2 is 0.972 bits per heavy atom. The van der Waals surface area contributed by atoms with Gasteiger partial charge in [-0.1, -0.05) is 105 Å². The minimum absolute atomic E-state index is 0.0660. The lowest BCUT2D eigenvalue weighted by Crippen LogP contribution is -2.69. The topological polar surface area (TPSA) is 80.2 Å². The fourth-order valence-corrected chi connectivity index (χ4v) is 4.65. The molecule has 3 aromatic rings. The molecule has 6 atom stereocenters. The predicted molar refractivity (Wildman–Crippen MR) is 139 cm³/mol. The third kappa shape index (κ3) is 7.01. The highest BCUT2D eigenvalue weighted by atomic mass is 16.6. The van der Waals surface area contributed by atoms with Crippen LogP contribution in [0.2, 0.25) is 0 Å². The quantitative estimate of drug-likeness (QED) is 0.378. The Balaban J connectivity index is 1.61. The van der Waals surface area contributed by atoms with Crippen molar-refractivity contribution in [2.45, 2.75) is 76.3 Å². The zero-order chi connectivity index (χ0) is 25.3. The highest BCUT2D eigenvalue weighted by Gasteiger charge is 2.52. The highest BCUT2D eigenvalue weighted by Crippen LogP contribution is 2.31. The van der Waals surface area contributed by atoms with Crippen molar-refractivity contribution in [2.24, 2.45) is 0 Å². The van der Waals surface area contributed by atoms with Gasteiger partial charge in [-0.2, -0.15) is 0 Å². The molecule has 0 aliphatic heterocycles. The summed E-state index contributed by atoms with van der Waals surface area (Å²) < 4.78 is 19.1. The lowest BCUT2D eigenvalue weighted by atomic mass is 9.82. The average molecular weight is 492 g/mol. The molecule has 3 aromatic carbocycles. The fraction of sp³-hybridized carbons (Fsp3) is 0.400. The third-order valence-electron chi connectivity index (χ3n) is 6.44. The van der Waals surface area contributed by atoms with E-state index in [4.69, 9.17) is 14.2 Å². The Morgan fingerprint density at radius 3 is 1.39 bits per heavy atom. The number of hydrogen-bond donors (Lipinski definition) is 3. The summed E-state index contributed by atoms with van der Waals surface area (Å²) in [5.41, 5.74) is 3.00. The molecule has 0 amide bonds. The Kier molecular flexibility index (Phi) is 9.64. The van der Waals surface area contributed by atoms with Crippen LogP contribution >= 0.6 is 0 Å². The summed E-state index contributed by atoms with van der Waals surface area (Å²) in [5, 5.41) is 25.8. The van der Waals surface area contributed by atoms with Crippen LogP contribution in [0.5, 0.6) is 0 Å². The van der Waals surface area contributed by atoms with Crippen LogP contribution in [-0.2, 0) is 34.0 Å². The molecule has 6 heteroatoms. The van der Waals surface area contributed by atoms with Crippen LogP contribution in [0.1, 0.15) is 30.5 Å². The minimum Gasteiger partial charge on any atom is -0.389 e. The van der Waals surface area contributed by atoms with Crippen molar-refractivity contribution in [3.63, 3.8) is 0 Å². The van der Waals surface area contributed by atoms with Crippen LogP contribution < -0.4 is 5.32 Å². The fourth-order valence-electron chi connectivity index (χ4n) is 4.65. The van der Waals surface area contributed by atoms with Gasteiger partial charge in [-0.3, -0.25) is 0 Å². The Labute approximate surface area is 213 Å². The number of aliphatic hydroxyl groups excluding tert-OH is 2. The third-order valence-corrected chi connectivity index (χ3v) is 6.44. The first-order valence-corrected chi connectivity index (χ1v) is 12.6. The van der Waals surface area contributed by atoms with Crippen molar-refractivity contribution in [2.75, 3.05) is 0 Å². The zero-order valence-corrected chi connectivity index (χ0v) is 20.9. The number of benzene rings is 3. The summed E-state index contributed by atoms with van der Waals surface area (Å²) in [4.78, 5) is 0. The maximum Gasteiger partial charge on any atom is 0.115 e. The van der Waals surface area contributed by atoms with E-state index in [0.717, 1.165) is 16.7 Å². The minimum atomic E-state index is -1.15. The summed E-state index contributed by atoms with van der Waals surface area (Å²) in [6, 6.07) is 29.1. The standard InChI is InChI=1S/C30H37NO5/c1-21(2)31-25-26(32)27(33)29(35-19-23-14-8-4-9-15-23)30(36-20-24-16-10-5-11-17-24)28(25)34-18-22-12-6-3-7-13-22/h3-17,21,25-33H,18-20H2,1-2H3/t25-,26-,27-,28-,29+,30+/m0/s1. The van der Waals surface area contributed by atoms with Crippen LogP contribution in [0.25, 0.3) is 0 Å². The normalized spacial score (nSPS) is 26.2. The first kappa shape index (κ1) is 26.5. The summed E-state index contributed by atoms with van der Waals surface area (Å²) in [5.74, 6) is 0. The number of aliphatic hydroxyl groups is 2. The largest absolute Gasteiger partial charge is 0.389 e. The molecule has 1 saturated carbocycles. The molecule has 6 nitrogen and oxygen atoms in total. The number of rotatable bonds is 11. The predicted octanol–water partition coefficient (Wildman–Crippen LogP) is 3.84. The first-order valence-electron chi connectivity index (χ1n) is 12.6. The van der Waals surface area contributed by atoms with E-state index in [2.05, 4.69) is 5.32 Å². The maximum absolute atomic E-state index is 11.2. The maximum atomic E-state index is 11.2. The van der Waals surface area contributed by atoms with Gasteiger partial charge in [0.25, 0.3) is 0 Å². The molecule has 0 heterocycles. The second-order valence-electron chi connectivity index (χ2n) is 9.61. The smallest absolute Gasteiger partial charge is 0.115 e. The molecule has 1 aliphatic rings. The van der Waals surface area contributed by atoms with Crippen LogP contribution in [-0.4, -0.2) is 52.8 Å². The van der Waals surface area contributed by atoms with Gasteiger partial charge >= 0.3 is 0 Å². The molecule has 4 rings (SSSR count). The lowest BCUT2D eigenvalue weighted by Gasteiger charge is -2.48. The number of hydrogen-bond acceptors (Lipinski definition) is 6. The Bertz CT molecular complexity index is 1020. The molecule has 0 radical (unpaired) electrons. The molecule has 3 N–H and O–H groups in total.